The van der Waals surface area contributed by atoms with Crippen molar-refractivity contribution in [3.05, 3.63) is 46.7 Å². The molecular formula is C18H13ClN4O4. The summed E-state index contributed by atoms with van der Waals surface area (Å²) in [5.74, 6) is -0.859. The molecule has 1 fully saturated rings. The highest BCUT2D eigenvalue weighted by Crippen LogP contribution is 2.30. The Bertz CT molecular complexity index is 1080. The molecule has 8 nitrogen and oxygen atoms in total. The van der Waals surface area contributed by atoms with Crippen molar-refractivity contribution in [3.63, 3.8) is 0 Å². The Kier molecular flexibility index (Phi) is 4.39. The van der Waals surface area contributed by atoms with Gasteiger partial charge in [-0.2, -0.15) is 15.3 Å². The van der Waals surface area contributed by atoms with Crippen LogP contribution in [-0.2, 0) is 4.74 Å². The molecule has 1 atom stereocenters. The number of halogens is 1. The van der Waals surface area contributed by atoms with Crippen molar-refractivity contribution < 1.29 is 19.4 Å². The maximum absolute atomic E-state index is 11.4. The van der Waals surface area contributed by atoms with E-state index >= 15 is 0 Å². The molecular weight excluding hydrogens is 372 g/mol. The van der Waals surface area contributed by atoms with Crippen molar-refractivity contribution in [2.75, 3.05) is 13.2 Å². The third kappa shape index (κ3) is 3.30. The molecule has 0 bridgehead atoms. The van der Waals surface area contributed by atoms with E-state index in [-0.39, 0.29) is 23.1 Å². The maximum atomic E-state index is 11.4. The molecule has 1 aliphatic rings. The van der Waals surface area contributed by atoms with Gasteiger partial charge in [-0.1, -0.05) is 11.6 Å². The van der Waals surface area contributed by atoms with Gasteiger partial charge < -0.3 is 14.6 Å². The van der Waals surface area contributed by atoms with Crippen LogP contribution in [0.25, 0.3) is 16.8 Å². The van der Waals surface area contributed by atoms with Crippen molar-refractivity contribution in [1.29, 1.82) is 5.26 Å². The quantitative estimate of drug-likeness (QED) is 0.736. The van der Waals surface area contributed by atoms with E-state index in [9.17, 15) is 15.2 Å². The van der Waals surface area contributed by atoms with Crippen molar-refractivity contribution in [2.45, 2.75) is 12.5 Å². The number of nitrogens with zero attached hydrogens (tertiary/aromatic N) is 4. The first kappa shape index (κ1) is 17.3. The first-order valence-corrected chi connectivity index (χ1v) is 8.50. The van der Waals surface area contributed by atoms with Crippen LogP contribution in [0.4, 0.5) is 0 Å². The Labute approximate surface area is 158 Å². The number of benzene rings is 1. The standard InChI is InChI=1S/C18H13ClN4O4/c19-15-8-23-16(22-17(15)27-13-1-2-26-9-13)14(7-21-23)11-3-10(6-20)4-12(5-11)18(24)25/h3-5,7-8,13H,1-2,9H2,(H,24,25)/t13-/m0/s1. The molecule has 3 heterocycles. The van der Waals surface area contributed by atoms with Gasteiger partial charge in [-0.3, -0.25) is 0 Å². The zero-order chi connectivity index (χ0) is 19.0. The number of carboxylic acids is 1. The fourth-order valence-corrected chi connectivity index (χ4v) is 3.07. The predicted molar refractivity (Wildman–Crippen MR) is 95.0 cm³/mol. The number of nitriles is 1. The second-order valence-corrected chi connectivity index (χ2v) is 6.45. The average Bonchev–Trinajstić information content (AvgIpc) is 3.31. The number of carbonyl (C=O) groups is 1. The van der Waals surface area contributed by atoms with Crippen molar-refractivity contribution in [3.8, 4) is 23.1 Å². The number of rotatable bonds is 4. The lowest BCUT2D eigenvalue weighted by molar-refractivity contribution is 0.0697. The van der Waals surface area contributed by atoms with E-state index in [0.717, 1.165) is 6.42 Å². The van der Waals surface area contributed by atoms with Crippen LogP contribution in [0.1, 0.15) is 22.3 Å². The number of hydrogen-bond donors (Lipinski definition) is 1. The molecule has 1 aliphatic heterocycles. The molecule has 0 radical (unpaired) electrons. The third-order valence-electron chi connectivity index (χ3n) is 4.20. The Morgan fingerprint density at radius 3 is 3.00 bits per heavy atom. The fraction of sp³-hybridized carbons (Fsp3) is 0.222. The highest BCUT2D eigenvalue weighted by molar-refractivity contribution is 6.31. The minimum absolute atomic E-state index is 0.0111. The molecule has 136 valence electrons. The summed E-state index contributed by atoms with van der Waals surface area (Å²) in [5.41, 5.74) is 1.78. The molecule has 4 rings (SSSR count). The zero-order valence-corrected chi connectivity index (χ0v) is 14.7. The minimum Gasteiger partial charge on any atom is -0.478 e. The Morgan fingerprint density at radius 2 is 2.30 bits per heavy atom. The van der Waals surface area contributed by atoms with E-state index in [1.54, 1.807) is 18.5 Å². The molecule has 2 aromatic heterocycles. The lowest BCUT2D eigenvalue weighted by atomic mass is 10.0. The SMILES string of the molecule is N#Cc1cc(C(=O)O)cc(-c2cnn3cc(Cl)c(O[C@H]4CCOC4)nc23)c1. The Morgan fingerprint density at radius 1 is 1.44 bits per heavy atom. The van der Waals surface area contributed by atoms with E-state index in [2.05, 4.69) is 10.1 Å². The van der Waals surface area contributed by atoms with E-state index in [1.807, 2.05) is 6.07 Å². The van der Waals surface area contributed by atoms with E-state index in [1.165, 1.54) is 16.6 Å². The third-order valence-corrected chi connectivity index (χ3v) is 4.46. The summed E-state index contributed by atoms with van der Waals surface area (Å²) in [4.78, 5) is 15.8. The molecule has 0 saturated carbocycles. The average molecular weight is 385 g/mol. The van der Waals surface area contributed by atoms with Crippen LogP contribution in [0.3, 0.4) is 0 Å². The summed E-state index contributed by atoms with van der Waals surface area (Å²) in [6.07, 6.45) is 3.75. The topological polar surface area (TPSA) is 110 Å². The molecule has 0 amide bonds. The number of aromatic carboxylic acids is 1. The van der Waals surface area contributed by atoms with Crippen LogP contribution in [0.5, 0.6) is 5.88 Å². The van der Waals surface area contributed by atoms with Crippen LogP contribution in [0.15, 0.2) is 30.6 Å². The lowest BCUT2D eigenvalue weighted by Crippen LogP contribution is -2.17. The molecule has 1 saturated heterocycles. The molecule has 1 N–H and O–H groups in total. The maximum Gasteiger partial charge on any atom is 0.335 e. The molecule has 9 heteroatoms. The van der Waals surface area contributed by atoms with Crippen LogP contribution in [0.2, 0.25) is 5.02 Å². The summed E-state index contributed by atoms with van der Waals surface area (Å²) >= 11 is 6.24. The molecule has 0 spiro atoms. The number of fused-ring (bicyclic) bond motifs is 1. The van der Waals surface area contributed by atoms with Crippen LogP contribution in [0, 0.1) is 11.3 Å². The summed E-state index contributed by atoms with van der Waals surface area (Å²) in [5, 5.41) is 23.0. The minimum atomic E-state index is -1.12. The van der Waals surface area contributed by atoms with Crippen molar-refractivity contribution in [1.82, 2.24) is 14.6 Å². The summed E-state index contributed by atoms with van der Waals surface area (Å²) < 4.78 is 12.6. The lowest BCUT2D eigenvalue weighted by Gasteiger charge is -2.12. The van der Waals surface area contributed by atoms with Crippen LogP contribution < -0.4 is 4.74 Å². The van der Waals surface area contributed by atoms with Gasteiger partial charge >= 0.3 is 5.97 Å². The van der Waals surface area contributed by atoms with Crippen molar-refractivity contribution in [2.24, 2.45) is 0 Å². The monoisotopic (exact) mass is 384 g/mol. The molecule has 27 heavy (non-hydrogen) atoms. The smallest absolute Gasteiger partial charge is 0.335 e. The summed E-state index contributed by atoms with van der Waals surface area (Å²) in [6.45, 7) is 1.10. The van der Waals surface area contributed by atoms with Gasteiger partial charge in [0.15, 0.2) is 5.65 Å². The summed E-state index contributed by atoms with van der Waals surface area (Å²) in [7, 11) is 0. The first-order valence-electron chi connectivity index (χ1n) is 8.12. The number of aromatic nitrogens is 3. The van der Waals surface area contributed by atoms with Crippen LogP contribution >= 0.6 is 11.6 Å². The van der Waals surface area contributed by atoms with Gasteiger partial charge in [-0.25, -0.2) is 9.31 Å². The van der Waals surface area contributed by atoms with E-state index in [4.69, 9.17) is 21.1 Å². The number of hydrogen-bond acceptors (Lipinski definition) is 6. The molecule has 0 aliphatic carbocycles. The van der Waals surface area contributed by atoms with Gasteiger partial charge in [0.2, 0.25) is 5.88 Å². The molecule has 3 aromatic rings. The Balaban J connectivity index is 1.81. The van der Waals surface area contributed by atoms with Gasteiger partial charge in [0.1, 0.15) is 11.1 Å². The molecule has 0 unspecified atom stereocenters. The van der Waals surface area contributed by atoms with Gasteiger partial charge in [-0.15, -0.1) is 0 Å². The molecule has 1 aromatic carbocycles. The Hall–Kier alpha value is -3.15. The highest BCUT2D eigenvalue weighted by Gasteiger charge is 2.21. The number of carboxylic acid groups (broad SMARTS) is 1. The van der Waals surface area contributed by atoms with Gasteiger partial charge in [0, 0.05) is 12.0 Å². The normalized spacial score (nSPS) is 16.4. The van der Waals surface area contributed by atoms with E-state index < -0.39 is 5.97 Å². The van der Waals surface area contributed by atoms with Crippen molar-refractivity contribution >= 4 is 23.2 Å². The highest BCUT2D eigenvalue weighted by atomic mass is 35.5. The van der Waals surface area contributed by atoms with E-state index in [0.29, 0.717) is 35.0 Å². The van der Waals surface area contributed by atoms with Gasteiger partial charge in [-0.05, 0) is 23.8 Å². The first-order chi connectivity index (χ1) is 13.0. The van der Waals surface area contributed by atoms with Gasteiger partial charge in [0.05, 0.1) is 42.8 Å². The zero-order valence-electron chi connectivity index (χ0n) is 13.9. The fourth-order valence-electron chi connectivity index (χ4n) is 2.89. The second-order valence-electron chi connectivity index (χ2n) is 6.04. The van der Waals surface area contributed by atoms with Gasteiger partial charge in [0.25, 0.3) is 0 Å². The van der Waals surface area contributed by atoms with Crippen LogP contribution in [-0.4, -0.2) is 45.0 Å². The largest absolute Gasteiger partial charge is 0.478 e. The second kappa shape index (κ2) is 6.87. The number of ether oxygens (including phenoxy) is 2. The predicted octanol–water partition coefficient (Wildman–Crippen LogP) is 2.79. The summed E-state index contributed by atoms with van der Waals surface area (Å²) in [6, 6.07) is 6.35.